The summed E-state index contributed by atoms with van der Waals surface area (Å²) in [6.07, 6.45) is 2.61. The maximum Gasteiger partial charge on any atom is 0.339 e. The third-order valence-corrected chi connectivity index (χ3v) is 2.95. The molecule has 1 aromatic carbocycles. The number of aromatic amines is 1. The monoisotopic (exact) mass is 257 g/mol. The van der Waals surface area contributed by atoms with E-state index in [0.29, 0.717) is 17.7 Å². The predicted molar refractivity (Wildman–Crippen MR) is 66.6 cm³/mol. The van der Waals surface area contributed by atoms with Crippen LogP contribution in [0.5, 0.6) is 0 Å². The van der Waals surface area contributed by atoms with Crippen LogP contribution in [0.15, 0.2) is 36.7 Å². The number of anilines is 1. The lowest BCUT2D eigenvalue weighted by Gasteiger charge is -2.23. The maximum atomic E-state index is 12.0. The first-order valence-electron chi connectivity index (χ1n) is 5.82. The molecular weight excluding hydrogens is 246 g/mol. The molecule has 1 aliphatic heterocycles. The first-order valence-corrected chi connectivity index (χ1v) is 5.82. The lowest BCUT2D eigenvalue weighted by Crippen LogP contribution is -2.37. The Morgan fingerprint density at radius 3 is 3.05 bits per heavy atom. The number of rotatable bonds is 2. The number of nitrogens with zero attached hydrogens (tertiary/aromatic N) is 1. The van der Waals surface area contributed by atoms with E-state index in [4.69, 9.17) is 4.74 Å². The van der Waals surface area contributed by atoms with E-state index in [1.165, 1.54) is 6.20 Å². The fourth-order valence-electron chi connectivity index (χ4n) is 2.02. The molecule has 1 aromatic heterocycles. The number of carbonyl (C=O) groups is 2. The van der Waals surface area contributed by atoms with Gasteiger partial charge >= 0.3 is 5.97 Å². The van der Waals surface area contributed by atoms with Crippen LogP contribution in [0.3, 0.4) is 0 Å². The van der Waals surface area contributed by atoms with Crippen LogP contribution in [0.2, 0.25) is 0 Å². The van der Waals surface area contributed by atoms with E-state index >= 15 is 0 Å². The zero-order valence-electron chi connectivity index (χ0n) is 9.92. The quantitative estimate of drug-likeness (QED) is 0.790. The Balaban J connectivity index is 1.78. The van der Waals surface area contributed by atoms with Crippen molar-refractivity contribution in [2.45, 2.75) is 12.5 Å². The molecule has 0 fully saturated rings. The van der Waals surface area contributed by atoms with E-state index in [1.54, 1.807) is 18.3 Å². The summed E-state index contributed by atoms with van der Waals surface area (Å²) in [5.41, 5.74) is 1.89. The molecule has 1 aliphatic rings. The number of esters is 1. The van der Waals surface area contributed by atoms with E-state index in [2.05, 4.69) is 15.5 Å². The Kier molecular flexibility index (Phi) is 2.75. The van der Waals surface area contributed by atoms with Crippen LogP contribution in [-0.4, -0.2) is 28.2 Å². The van der Waals surface area contributed by atoms with Gasteiger partial charge < -0.3 is 10.1 Å². The zero-order valence-corrected chi connectivity index (χ0v) is 9.92. The second-order valence-electron chi connectivity index (χ2n) is 4.23. The molecule has 19 heavy (non-hydrogen) atoms. The Morgan fingerprint density at radius 1 is 1.42 bits per heavy atom. The number of amides is 1. The Labute approximate surface area is 108 Å². The average Bonchev–Trinajstić information content (AvgIpc) is 2.91. The highest BCUT2D eigenvalue weighted by Gasteiger charge is 2.31. The third-order valence-electron chi connectivity index (χ3n) is 2.95. The molecule has 0 unspecified atom stereocenters. The van der Waals surface area contributed by atoms with Crippen LogP contribution in [0.1, 0.15) is 15.9 Å². The Bertz CT molecular complexity index is 622. The molecule has 0 spiro atoms. The largest absolute Gasteiger partial charge is 0.448 e. The summed E-state index contributed by atoms with van der Waals surface area (Å²) in [5.74, 6) is -0.821. The topological polar surface area (TPSA) is 84.1 Å². The zero-order chi connectivity index (χ0) is 13.2. The Morgan fingerprint density at radius 2 is 2.26 bits per heavy atom. The van der Waals surface area contributed by atoms with Crippen molar-refractivity contribution in [2.24, 2.45) is 0 Å². The molecule has 2 heterocycles. The normalized spacial score (nSPS) is 17.5. The minimum absolute atomic E-state index is 0.357. The lowest BCUT2D eigenvalue weighted by atomic mass is 9.98. The number of aromatic nitrogens is 2. The highest BCUT2D eigenvalue weighted by atomic mass is 16.5. The van der Waals surface area contributed by atoms with Gasteiger partial charge in [-0.15, -0.1) is 0 Å². The van der Waals surface area contributed by atoms with Crippen molar-refractivity contribution < 1.29 is 14.3 Å². The van der Waals surface area contributed by atoms with Gasteiger partial charge in [0.2, 0.25) is 0 Å². The molecule has 6 heteroatoms. The fraction of sp³-hybridized carbons (Fsp3) is 0.154. The minimum Gasteiger partial charge on any atom is -0.448 e. The molecule has 0 bridgehead atoms. The molecule has 0 saturated carbocycles. The number of ether oxygens (including phenoxy) is 1. The van der Waals surface area contributed by atoms with Gasteiger partial charge in [-0.2, -0.15) is 5.10 Å². The van der Waals surface area contributed by atoms with Crippen LogP contribution in [0.25, 0.3) is 0 Å². The first kappa shape index (κ1) is 11.5. The van der Waals surface area contributed by atoms with Gasteiger partial charge in [0, 0.05) is 12.6 Å². The summed E-state index contributed by atoms with van der Waals surface area (Å²) in [4.78, 5) is 23.8. The number of hydrogen-bond acceptors (Lipinski definition) is 4. The van der Waals surface area contributed by atoms with Crippen LogP contribution < -0.4 is 5.32 Å². The molecule has 6 nitrogen and oxygen atoms in total. The molecule has 3 rings (SSSR count). The van der Waals surface area contributed by atoms with Crippen molar-refractivity contribution in [3.8, 4) is 0 Å². The number of hydrogen-bond donors (Lipinski definition) is 2. The Hall–Kier alpha value is -2.63. The summed E-state index contributed by atoms with van der Waals surface area (Å²) in [5, 5.41) is 8.95. The van der Waals surface area contributed by atoms with Crippen molar-refractivity contribution in [3.63, 3.8) is 0 Å². The highest BCUT2D eigenvalue weighted by molar-refractivity contribution is 5.99. The molecular formula is C13H11N3O3. The summed E-state index contributed by atoms with van der Waals surface area (Å²) in [6, 6.07) is 7.13. The molecule has 0 radical (unpaired) electrons. The van der Waals surface area contributed by atoms with Gasteiger partial charge in [0.25, 0.3) is 5.91 Å². The van der Waals surface area contributed by atoms with Gasteiger partial charge in [0.05, 0.1) is 17.4 Å². The molecule has 0 saturated heterocycles. The van der Waals surface area contributed by atoms with Gasteiger partial charge in [-0.05, 0) is 11.6 Å². The SMILES string of the molecule is O=C1O[C@H](C(=O)Nc2cn[nH]c2)Cc2ccccc21. The van der Waals surface area contributed by atoms with Crippen molar-refractivity contribution in [2.75, 3.05) is 5.32 Å². The first-order chi connectivity index (χ1) is 9.24. The smallest absolute Gasteiger partial charge is 0.339 e. The number of H-pyrrole nitrogens is 1. The molecule has 0 aliphatic carbocycles. The van der Waals surface area contributed by atoms with Crippen LogP contribution >= 0.6 is 0 Å². The standard InChI is InChI=1S/C13H11N3O3/c17-12(16-9-6-14-15-7-9)11-5-8-3-1-2-4-10(8)13(18)19-11/h1-4,6-7,11H,5H2,(H,14,15)(H,16,17)/t11-/m0/s1. The second-order valence-corrected chi connectivity index (χ2v) is 4.23. The van der Waals surface area contributed by atoms with E-state index in [-0.39, 0.29) is 5.91 Å². The summed E-state index contributed by atoms with van der Waals surface area (Å²) >= 11 is 0. The molecule has 2 N–H and O–H groups in total. The molecule has 1 atom stereocenters. The van der Waals surface area contributed by atoms with Gasteiger partial charge in [-0.25, -0.2) is 4.79 Å². The highest BCUT2D eigenvalue weighted by Crippen LogP contribution is 2.21. The van der Waals surface area contributed by atoms with E-state index in [1.807, 2.05) is 12.1 Å². The molecule has 2 aromatic rings. The number of benzene rings is 1. The van der Waals surface area contributed by atoms with Gasteiger partial charge in [-0.1, -0.05) is 18.2 Å². The predicted octanol–water partition coefficient (Wildman–Crippen LogP) is 1.13. The summed E-state index contributed by atoms with van der Waals surface area (Å²) < 4.78 is 5.14. The number of nitrogens with one attached hydrogen (secondary N) is 2. The average molecular weight is 257 g/mol. The fourth-order valence-corrected chi connectivity index (χ4v) is 2.02. The third kappa shape index (κ3) is 2.20. The van der Waals surface area contributed by atoms with Gasteiger partial charge in [0.15, 0.2) is 6.10 Å². The van der Waals surface area contributed by atoms with Gasteiger partial charge in [-0.3, -0.25) is 9.89 Å². The van der Waals surface area contributed by atoms with Crippen molar-refractivity contribution in [3.05, 3.63) is 47.8 Å². The number of cyclic esters (lactones) is 1. The van der Waals surface area contributed by atoms with E-state index < -0.39 is 12.1 Å². The van der Waals surface area contributed by atoms with Crippen LogP contribution in [0, 0.1) is 0 Å². The van der Waals surface area contributed by atoms with Crippen molar-refractivity contribution >= 4 is 17.6 Å². The number of carbonyl (C=O) groups excluding carboxylic acids is 2. The summed E-state index contributed by atoms with van der Waals surface area (Å²) in [7, 11) is 0. The number of fused-ring (bicyclic) bond motifs is 1. The minimum atomic E-state index is -0.808. The maximum absolute atomic E-state index is 12.0. The summed E-state index contributed by atoms with van der Waals surface area (Å²) in [6.45, 7) is 0. The van der Waals surface area contributed by atoms with Crippen LogP contribution in [-0.2, 0) is 16.0 Å². The van der Waals surface area contributed by atoms with E-state index in [9.17, 15) is 9.59 Å². The molecule has 1 amide bonds. The van der Waals surface area contributed by atoms with Crippen molar-refractivity contribution in [1.82, 2.24) is 10.2 Å². The van der Waals surface area contributed by atoms with Gasteiger partial charge in [0.1, 0.15) is 0 Å². The van der Waals surface area contributed by atoms with Crippen LogP contribution in [0.4, 0.5) is 5.69 Å². The second kappa shape index (κ2) is 4.56. The lowest BCUT2D eigenvalue weighted by molar-refractivity contribution is -0.125. The van der Waals surface area contributed by atoms with E-state index in [0.717, 1.165) is 5.56 Å². The molecule has 96 valence electrons. The van der Waals surface area contributed by atoms with Crippen molar-refractivity contribution in [1.29, 1.82) is 0 Å².